The summed E-state index contributed by atoms with van der Waals surface area (Å²) in [6, 6.07) is 3.23. The van der Waals surface area contributed by atoms with Crippen LogP contribution in [0.4, 0.5) is 5.00 Å². The van der Waals surface area contributed by atoms with Gasteiger partial charge in [-0.1, -0.05) is 0 Å². The molecule has 3 N–H and O–H groups in total. The predicted molar refractivity (Wildman–Crippen MR) is 96.1 cm³/mol. The number of hydrogen-bond acceptors (Lipinski definition) is 5. The number of pyridine rings is 1. The van der Waals surface area contributed by atoms with Gasteiger partial charge in [0.05, 0.1) is 12.7 Å². The molecule has 0 saturated heterocycles. The Kier molecular flexibility index (Phi) is 5.32. The molecule has 8 heteroatoms. The number of nitrogens with zero attached hydrogens (tertiary/aromatic N) is 1. The van der Waals surface area contributed by atoms with E-state index in [1.165, 1.54) is 24.6 Å². The number of aromatic nitrogens is 1. The van der Waals surface area contributed by atoms with Crippen LogP contribution in [-0.2, 0) is 28.9 Å². The van der Waals surface area contributed by atoms with Gasteiger partial charge < -0.3 is 15.8 Å². The van der Waals surface area contributed by atoms with Crippen molar-refractivity contribution in [3.8, 4) is 0 Å². The molecule has 0 aliphatic heterocycles. The number of esters is 1. The summed E-state index contributed by atoms with van der Waals surface area (Å²) in [5.74, 6) is -1.28. The first-order valence-electron chi connectivity index (χ1n) is 8.31. The first-order valence-corrected chi connectivity index (χ1v) is 9.13. The minimum absolute atomic E-state index is 0.00427. The van der Waals surface area contributed by atoms with Crippen LogP contribution < -0.4 is 15.6 Å². The van der Waals surface area contributed by atoms with Crippen molar-refractivity contribution < 1.29 is 23.7 Å². The first-order chi connectivity index (χ1) is 12.5. The van der Waals surface area contributed by atoms with E-state index in [4.69, 9.17) is 10.5 Å². The normalized spacial score (nSPS) is 13.0. The van der Waals surface area contributed by atoms with E-state index in [0.29, 0.717) is 16.1 Å². The molecule has 2 heterocycles. The molecule has 0 unspecified atom stereocenters. The van der Waals surface area contributed by atoms with Gasteiger partial charge in [-0.15, -0.1) is 11.3 Å². The number of nitrogens with one attached hydrogen (secondary N) is 1. The van der Waals surface area contributed by atoms with Crippen molar-refractivity contribution in [2.45, 2.75) is 32.2 Å². The third-order valence-electron chi connectivity index (χ3n) is 4.28. The Morgan fingerprint density at radius 1 is 1.31 bits per heavy atom. The Bertz CT molecular complexity index is 875. The highest BCUT2D eigenvalue weighted by Gasteiger charge is 2.27. The topological polar surface area (TPSA) is 102 Å². The van der Waals surface area contributed by atoms with E-state index in [-0.39, 0.29) is 12.5 Å². The second-order valence-electron chi connectivity index (χ2n) is 6.08. The van der Waals surface area contributed by atoms with Gasteiger partial charge in [0.1, 0.15) is 10.6 Å². The highest BCUT2D eigenvalue weighted by atomic mass is 32.1. The number of carbonyl (C=O) groups excluding carboxylic acids is 3. The lowest BCUT2D eigenvalue weighted by Gasteiger charge is -2.11. The molecule has 0 saturated carbocycles. The molecule has 1 aliphatic carbocycles. The SMILES string of the molecule is COC(=O)c1c(NC(=O)C[n+]2cccc(C(N)=O)c2)sc2c1CCCC2. The third kappa shape index (κ3) is 3.75. The monoisotopic (exact) mass is 374 g/mol. The average molecular weight is 374 g/mol. The van der Waals surface area contributed by atoms with E-state index in [1.54, 1.807) is 22.9 Å². The van der Waals surface area contributed by atoms with E-state index >= 15 is 0 Å². The van der Waals surface area contributed by atoms with E-state index in [1.807, 2.05) is 0 Å². The summed E-state index contributed by atoms with van der Waals surface area (Å²) in [4.78, 5) is 37.0. The Morgan fingerprint density at radius 2 is 2.08 bits per heavy atom. The molecule has 1 aliphatic rings. The molecule has 0 radical (unpaired) electrons. The lowest BCUT2D eigenvalue weighted by molar-refractivity contribution is -0.684. The lowest BCUT2D eigenvalue weighted by Crippen LogP contribution is -2.40. The summed E-state index contributed by atoms with van der Waals surface area (Å²) in [5, 5.41) is 3.35. The van der Waals surface area contributed by atoms with Gasteiger partial charge in [0.15, 0.2) is 12.4 Å². The molecule has 0 aromatic carbocycles. The maximum Gasteiger partial charge on any atom is 0.341 e. The number of hydrogen-bond donors (Lipinski definition) is 2. The molecule has 2 aromatic rings. The molecule has 7 nitrogen and oxygen atoms in total. The molecule has 136 valence electrons. The number of aryl methyl sites for hydroxylation is 1. The third-order valence-corrected chi connectivity index (χ3v) is 5.49. The van der Waals surface area contributed by atoms with Crippen molar-refractivity contribution >= 4 is 34.1 Å². The Labute approximate surface area is 154 Å². The maximum absolute atomic E-state index is 12.4. The summed E-state index contributed by atoms with van der Waals surface area (Å²) in [5.41, 5.74) is 7.04. The summed E-state index contributed by atoms with van der Waals surface area (Å²) >= 11 is 1.44. The molecule has 0 spiro atoms. The number of rotatable bonds is 5. The Hall–Kier alpha value is -2.74. The summed E-state index contributed by atoms with van der Waals surface area (Å²) < 4.78 is 6.47. The second kappa shape index (κ2) is 7.65. The predicted octanol–water partition coefficient (Wildman–Crippen LogP) is 1.44. The number of fused-ring (bicyclic) bond motifs is 1. The fourth-order valence-electron chi connectivity index (χ4n) is 3.07. The second-order valence-corrected chi connectivity index (χ2v) is 7.19. The van der Waals surface area contributed by atoms with Crippen LogP contribution in [0.15, 0.2) is 24.5 Å². The number of anilines is 1. The van der Waals surface area contributed by atoms with Gasteiger partial charge in [0.2, 0.25) is 6.54 Å². The van der Waals surface area contributed by atoms with Crippen LogP contribution >= 0.6 is 11.3 Å². The van der Waals surface area contributed by atoms with Crippen LogP contribution in [0.5, 0.6) is 0 Å². The summed E-state index contributed by atoms with van der Waals surface area (Å²) in [6.45, 7) is 0.00427. The molecule has 0 bridgehead atoms. The van der Waals surface area contributed by atoms with Crippen molar-refractivity contribution in [3.05, 3.63) is 46.1 Å². The minimum Gasteiger partial charge on any atom is -0.465 e. The van der Waals surface area contributed by atoms with Gasteiger partial charge in [-0.3, -0.25) is 9.59 Å². The van der Waals surface area contributed by atoms with Crippen LogP contribution in [0.2, 0.25) is 0 Å². The first kappa shape index (κ1) is 18.1. The number of carbonyl (C=O) groups is 3. The van der Waals surface area contributed by atoms with Gasteiger partial charge in [0.25, 0.3) is 11.8 Å². The molecular formula is C18H20N3O4S+. The molecular weight excluding hydrogens is 354 g/mol. The fraction of sp³-hybridized carbons (Fsp3) is 0.333. The highest BCUT2D eigenvalue weighted by molar-refractivity contribution is 7.17. The van der Waals surface area contributed by atoms with Crippen molar-refractivity contribution in [2.24, 2.45) is 5.73 Å². The van der Waals surface area contributed by atoms with Gasteiger partial charge in [-0.2, -0.15) is 4.57 Å². The molecule has 3 rings (SSSR count). The summed E-state index contributed by atoms with van der Waals surface area (Å²) in [7, 11) is 1.34. The van der Waals surface area contributed by atoms with Crippen LogP contribution in [0, 0.1) is 0 Å². The van der Waals surface area contributed by atoms with Crippen molar-refractivity contribution in [3.63, 3.8) is 0 Å². The molecule has 26 heavy (non-hydrogen) atoms. The van der Waals surface area contributed by atoms with Crippen LogP contribution in [0.1, 0.15) is 44.0 Å². The Morgan fingerprint density at radius 3 is 2.81 bits per heavy atom. The number of thiophene rings is 1. The zero-order chi connectivity index (χ0) is 18.7. The maximum atomic E-state index is 12.4. The number of ether oxygens (including phenoxy) is 1. The van der Waals surface area contributed by atoms with Gasteiger partial charge in [0, 0.05) is 10.9 Å². The van der Waals surface area contributed by atoms with E-state index in [2.05, 4.69) is 5.32 Å². The average Bonchev–Trinajstić information content (AvgIpc) is 2.98. The van der Waals surface area contributed by atoms with Crippen molar-refractivity contribution in [2.75, 3.05) is 12.4 Å². The fourth-order valence-corrected chi connectivity index (χ4v) is 4.36. The number of primary amides is 1. The number of amides is 2. The molecule has 2 aromatic heterocycles. The summed E-state index contributed by atoms with van der Waals surface area (Å²) in [6.07, 6.45) is 7.03. The van der Waals surface area contributed by atoms with Crippen molar-refractivity contribution in [1.82, 2.24) is 0 Å². The standard InChI is InChI=1S/C18H19N3O4S/c1-25-18(24)15-12-6-2-3-7-13(12)26-17(15)20-14(22)10-21-8-4-5-11(9-21)16(19)23/h4-5,8-9H,2-3,6-7,10H2,1H3,(H2-,19,20,22,23,24)/p+1. The molecule has 0 atom stereocenters. The Balaban J connectivity index is 1.81. The van der Waals surface area contributed by atoms with E-state index in [9.17, 15) is 14.4 Å². The molecule has 2 amide bonds. The molecule has 0 fully saturated rings. The zero-order valence-corrected chi connectivity index (χ0v) is 15.2. The van der Waals surface area contributed by atoms with Crippen LogP contribution in [0.25, 0.3) is 0 Å². The highest BCUT2D eigenvalue weighted by Crippen LogP contribution is 2.38. The number of nitrogens with two attached hydrogens (primary N) is 1. The largest absolute Gasteiger partial charge is 0.465 e. The smallest absolute Gasteiger partial charge is 0.341 e. The van der Waals surface area contributed by atoms with Gasteiger partial charge >= 0.3 is 5.97 Å². The minimum atomic E-state index is -0.557. The van der Waals surface area contributed by atoms with Gasteiger partial charge in [-0.05, 0) is 37.3 Å². The van der Waals surface area contributed by atoms with Gasteiger partial charge in [-0.25, -0.2) is 4.79 Å². The van der Waals surface area contributed by atoms with Crippen molar-refractivity contribution in [1.29, 1.82) is 0 Å². The van der Waals surface area contributed by atoms with E-state index in [0.717, 1.165) is 36.1 Å². The van der Waals surface area contributed by atoms with Crippen LogP contribution in [0.3, 0.4) is 0 Å². The number of methoxy groups -OCH3 is 1. The lowest BCUT2D eigenvalue weighted by atomic mass is 9.95. The van der Waals surface area contributed by atoms with E-state index < -0.39 is 11.9 Å². The zero-order valence-electron chi connectivity index (χ0n) is 14.4. The quantitative estimate of drug-likeness (QED) is 0.611. The van der Waals surface area contributed by atoms with Crippen LogP contribution in [-0.4, -0.2) is 24.9 Å².